The van der Waals surface area contributed by atoms with Crippen molar-refractivity contribution in [2.75, 3.05) is 0 Å². The minimum atomic E-state index is -4.79. The van der Waals surface area contributed by atoms with Crippen LogP contribution in [0.15, 0.2) is 33.5 Å². The molecule has 0 saturated heterocycles. The molecule has 0 bridgehead atoms. The molecule has 0 N–H and O–H groups in total. The van der Waals surface area contributed by atoms with Gasteiger partial charge in [-0.2, -0.15) is 36.7 Å². The van der Waals surface area contributed by atoms with E-state index in [1.54, 1.807) is 18.4 Å². The van der Waals surface area contributed by atoms with Crippen LogP contribution in [0.2, 0.25) is 10.0 Å². The summed E-state index contributed by atoms with van der Waals surface area (Å²) < 4.78 is 79.3. The molecule has 32 heavy (non-hydrogen) atoms. The van der Waals surface area contributed by atoms with Gasteiger partial charge in [0.15, 0.2) is 11.5 Å². The highest BCUT2D eigenvalue weighted by Crippen LogP contribution is 2.46. The van der Waals surface area contributed by atoms with Crippen molar-refractivity contribution < 1.29 is 26.3 Å². The van der Waals surface area contributed by atoms with Crippen LogP contribution in [0.25, 0.3) is 5.69 Å². The molecule has 0 radical (unpaired) electrons. The summed E-state index contributed by atoms with van der Waals surface area (Å²) in [5.41, 5.74) is -6.05. The number of nitriles is 1. The van der Waals surface area contributed by atoms with E-state index in [-0.39, 0.29) is 5.69 Å². The van der Waals surface area contributed by atoms with Gasteiger partial charge in [-0.15, -0.1) is 11.3 Å². The lowest BCUT2D eigenvalue weighted by molar-refractivity contribution is -0.137. The number of alkyl halides is 6. The van der Waals surface area contributed by atoms with Crippen LogP contribution in [0.5, 0.6) is 0 Å². The van der Waals surface area contributed by atoms with Crippen molar-refractivity contribution in [3.05, 3.63) is 55.3 Å². The van der Waals surface area contributed by atoms with Crippen LogP contribution in [0.4, 0.5) is 32.2 Å². The van der Waals surface area contributed by atoms with Crippen LogP contribution in [0, 0.1) is 18.3 Å². The first-order valence-corrected chi connectivity index (χ1v) is 10.7. The highest BCUT2D eigenvalue weighted by molar-refractivity contribution is 8.00. The summed E-state index contributed by atoms with van der Waals surface area (Å²) in [6.45, 7) is 1.80. The maximum atomic E-state index is 13.1. The fourth-order valence-electron chi connectivity index (χ4n) is 2.52. The average Bonchev–Trinajstić information content (AvgIpc) is 3.21. The van der Waals surface area contributed by atoms with Crippen molar-refractivity contribution in [1.82, 2.24) is 9.78 Å². The molecule has 4 nitrogen and oxygen atoms in total. The van der Waals surface area contributed by atoms with Gasteiger partial charge in [-0.1, -0.05) is 23.2 Å². The highest BCUT2D eigenvalue weighted by Gasteiger charge is 2.36. The van der Waals surface area contributed by atoms with Gasteiger partial charge in [-0.3, -0.25) is 0 Å². The number of benzene rings is 1. The zero-order chi connectivity index (χ0) is 23.8. The lowest BCUT2D eigenvalue weighted by Crippen LogP contribution is -2.07. The van der Waals surface area contributed by atoms with Gasteiger partial charge in [0.25, 0.3) is 0 Å². The monoisotopic (exact) mass is 528 g/mol. The Morgan fingerprint density at radius 3 is 2.25 bits per heavy atom. The second-order valence-corrected chi connectivity index (χ2v) is 8.98. The predicted molar refractivity (Wildman–Crippen MR) is 112 cm³/mol. The molecule has 0 saturated carbocycles. The Kier molecular flexibility index (Phi) is 6.86. The van der Waals surface area contributed by atoms with Gasteiger partial charge >= 0.3 is 11.7 Å². The molecule has 168 valence electrons. The van der Waals surface area contributed by atoms with Crippen molar-refractivity contribution in [3.63, 3.8) is 0 Å². The summed E-state index contributed by atoms with van der Waals surface area (Å²) in [6, 6.07) is 4.37. The molecule has 2 heterocycles. The molecule has 0 spiro atoms. The van der Waals surface area contributed by atoms with Crippen LogP contribution in [-0.2, 0) is 6.18 Å². The van der Waals surface area contributed by atoms with E-state index < -0.39 is 55.5 Å². The minimum Gasteiger partial charge on any atom is -0.235 e. The van der Waals surface area contributed by atoms with Crippen LogP contribution in [-0.4, -0.2) is 21.5 Å². The maximum Gasteiger partial charge on any atom is 0.446 e. The molecule has 0 atom stereocenters. The zero-order valence-corrected chi connectivity index (χ0v) is 18.7. The standard InChI is InChI=1S/C18H8Cl2F6N4S2/c1-8-2-10(31-7-8)6-28-16-15(32-18(24,25)26)13(5-27)29-30(16)14-11(19)3-9(4-12(14)20)17(21,22)23/h2-4,6-7H,1H3. The Morgan fingerprint density at radius 2 is 1.78 bits per heavy atom. The van der Waals surface area contributed by atoms with Gasteiger partial charge in [0.2, 0.25) is 0 Å². The number of aromatic nitrogens is 2. The molecular formula is C18H8Cl2F6N4S2. The fraction of sp³-hybridized carbons (Fsp3) is 0.167. The van der Waals surface area contributed by atoms with Crippen molar-refractivity contribution in [2.24, 2.45) is 4.99 Å². The summed E-state index contributed by atoms with van der Waals surface area (Å²) in [5, 5.41) is 13.8. The summed E-state index contributed by atoms with van der Waals surface area (Å²) >= 11 is 12.6. The van der Waals surface area contributed by atoms with E-state index in [4.69, 9.17) is 23.2 Å². The maximum absolute atomic E-state index is 13.1. The van der Waals surface area contributed by atoms with Crippen molar-refractivity contribution >= 4 is 58.3 Å². The second-order valence-electron chi connectivity index (χ2n) is 6.14. The first-order valence-electron chi connectivity index (χ1n) is 8.25. The SMILES string of the molecule is Cc1csc(C=Nc2c(SC(F)(F)F)c(C#N)nn2-c2c(Cl)cc(C(F)(F)F)cc2Cl)c1. The van der Waals surface area contributed by atoms with E-state index in [9.17, 15) is 31.6 Å². The van der Waals surface area contributed by atoms with E-state index in [0.29, 0.717) is 17.0 Å². The molecule has 3 rings (SSSR count). The minimum absolute atomic E-state index is 0.346. The van der Waals surface area contributed by atoms with Crippen molar-refractivity contribution in [2.45, 2.75) is 23.5 Å². The smallest absolute Gasteiger partial charge is 0.235 e. The van der Waals surface area contributed by atoms with E-state index in [1.807, 2.05) is 0 Å². The number of halogens is 8. The first-order chi connectivity index (χ1) is 14.8. The molecule has 0 amide bonds. The summed E-state index contributed by atoms with van der Waals surface area (Å²) in [7, 11) is 0. The normalized spacial score (nSPS) is 12.5. The largest absolute Gasteiger partial charge is 0.446 e. The first kappa shape index (κ1) is 24.4. The van der Waals surface area contributed by atoms with Crippen LogP contribution >= 0.6 is 46.3 Å². The Balaban J connectivity index is 2.26. The van der Waals surface area contributed by atoms with Gasteiger partial charge < -0.3 is 0 Å². The fourth-order valence-corrected chi connectivity index (χ4v) is 4.57. The van der Waals surface area contributed by atoms with E-state index >= 15 is 0 Å². The molecule has 14 heteroatoms. The van der Waals surface area contributed by atoms with Crippen LogP contribution < -0.4 is 0 Å². The Labute approximate surface area is 195 Å². The van der Waals surface area contributed by atoms with E-state index in [1.165, 1.54) is 23.6 Å². The molecule has 0 fully saturated rings. The predicted octanol–water partition coefficient (Wildman–Crippen LogP) is 7.80. The van der Waals surface area contributed by atoms with Crippen molar-refractivity contribution in [1.29, 1.82) is 5.26 Å². The highest BCUT2D eigenvalue weighted by atomic mass is 35.5. The molecule has 0 aliphatic rings. The van der Waals surface area contributed by atoms with E-state index in [0.717, 1.165) is 10.2 Å². The molecule has 1 aromatic carbocycles. The third-order valence-electron chi connectivity index (χ3n) is 3.76. The van der Waals surface area contributed by atoms with Gasteiger partial charge in [0.1, 0.15) is 11.8 Å². The molecule has 3 aromatic rings. The Bertz CT molecular complexity index is 1210. The summed E-state index contributed by atoms with van der Waals surface area (Å²) in [5.74, 6) is -0.460. The number of rotatable bonds is 4. The molecular weight excluding hydrogens is 521 g/mol. The zero-order valence-electron chi connectivity index (χ0n) is 15.5. The number of hydrogen-bond acceptors (Lipinski definition) is 5. The number of thioether (sulfide) groups is 1. The lowest BCUT2D eigenvalue weighted by atomic mass is 10.2. The quantitative estimate of drug-likeness (QED) is 0.197. The van der Waals surface area contributed by atoms with Crippen molar-refractivity contribution in [3.8, 4) is 11.8 Å². The number of thiophene rings is 1. The van der Waals surface area contributed by atoms with Crippen LogP contribution in [0.1, 0.15) is 21.7 Å². The van der Waals surface area contributed by atoms with Gasteiger partial charge in [0.05, 0.1) is 20.5 Å². The topological polar surface area (TPSA) is 54.0 Å². The summed E-state index contributed by atoms with van der Waals surface area (Å²) in [4.78, 5) is 3.99. The van der Waals surface area contributed by atoms with Gasteiger partial charge in [-0.05, 0) is 47.8 Å². The van der Waals surface area contributed by atoms with Gasteiger partial charge in [0, 0.05) is 11.1 Å². The Hall–Kier alpha value is -2.20. The number of hydrogen-bond donors (Lipinski definition) is 0. The number of aryl methyl sites for hydroxylation is 1. The summed E-state index contributed by atoms with van der Waals surface area (Å²) in [6.07, 6.45) is -3.51. The second kappa shape index (κ2) is 8.97. The number of aliphatic imine (C=N–C) groups is 1. The Morgan fingerprint density at radius 1 is 1.16 bits per heavy atom. The molecule has 0 aliphatic carbocycles. The molecule has 0 aliphatic heterocycles. The molecule has 2 aromatic heterocycles. The third-order valence-corrected chi connectivity index (χ3v) is 6.14. The number of nitrogens with zero attached hydrogens (tertiary/aromatic N) is 4. The third kappa shape index (κ3) is 5.40. The van der Waals surface area contributed by atoms with E-state index in [2.05, 4.69) is 10.1 Å². The molecule has 0 unspecified atom stereocenters. The lowest BCUT2D eigenvalue weighted by Gasteiger charge is -2.13. The van der Waals surface area contributed by atoms with Crippen LogP contribution in [0.3, 0.4) is 0 Å². The average molecular weight is 529 g/mol. The van der Waals surface area contributed by atoms with Gasteiger partial charge in [-0.25, -0.2) is 9.67 Å².